The predicted octanol–water partition coefficient (Wildman–Crippen LogP) is 1.83. The number of benzene rings is 1. The number of nitrogens with zero attached hydrogens (tertiary/aromatic N) is 4. The Balaban J connectivity index is 1.39. The molecule has 0 aliphatic carbocycles. The lowest BCUT2D eigenvalue weighted by atomic mass is 10.1. The summed E-state index contributed by atoms with van der Waals surface area (Å²) in [6.45, 7) is 11.8. The van der Waals surface area contributed by atoms with Crippen molar-refractivity contribution in [2.75, 3.05) is 44.2 Å². The average Bonchev–Trinajstić information content (AvgIpc) is 2.88. The molecule has 27 heavy (non-hydrogen) atoms. The van der Waals surface area contributed by atoms with E-state index in [1.165, 1.54) is 11.3 Å². The van der Waals surface area contributed by atoms with E-state index in [4.69, 9.17) is 0 Å². The van der Waals surface area contributed by atoms with Gasteiger partial charge < -0.3 is 10.2 Å². The van der Waals surface area contributed by atoms with Gasteiger partial charge >= 0.3 is 0 Å². The van der Waals surface area contributed by atoms with Gasteiger partial charge in [-0.3, -0.25) is 14.4 Å². The maximum atomic E-state index is 12.3. The van der Waals surface area contributed by atoms with Gasteiger partial charge in [0.05, 0.1) is 12.1 Å². The number of carbonyl (C=O) groups excluding carboxylic acids is 1. The summed E-state index contributed by atoms with van der Waals surface area (Å²) < 4.78 is 1.84. The summed E-state index contributed by atoms with van der Waals surface area (Å²) in [5.74, 6) is 0.0765. The Morgan fingerprint density at radius 1 is 1.15 bits per heavy atom. The highest BCUT2D eigenvalue weighted by Crippen LogP contribution is 2.17. The monoisotopic (exact) mass is 369 g/mol. The molecule has 1 aromatic carbocycles. The number of rotatable bonds is 6. The second-order valence-corrected chi connectivity index (χ2v) is 7.47. The molecule has 1 aliphatic heterocycles. The smallest absolute Gasteiger partial charge is 0.224 e. The van der Waals surface area contributed by atoms with Crippen molar-refractivity contribution in [2.45, 2.75) is 27.2 Å². The number of nitrogens with one attached hydrogen (secondary N) is 1. The third-order valence-corrected chi connectivity index (χ3v) is 5.49. The standard InChI is InChI=1S/C21H31N5O/c1-16-6-5-7-19(14-16)26-12-10-25(11-13-26)9-8-22-21(27)15-20-17(2)23-24(4)18(20)3/h5-7,14H,8-13,15H2,1-4H3,(H,22,27). The molecule has 1 N–H and O–H groups in total. The van der Waals surface area contributed by atoms with Crippen LogP contribution >= 0.6 is 0 Å². The summed E-state index contributed by atoms with van der Waals surface area (Å²) in [5, 5.41) is 7.44. The lowest BCUT2D eigenvalue weighted by Gasteiger charge is -2.36. The number of piperazine rings is 1. The molecule has 2 aromatic rings. The van der Waals surface area contributed by atoms with Crippen LogP contribution in [0.2, 0.25) is 0 Å². The van der Waals surface area contributed by atoms with E-state index < -0.39 is 0 Å². The minimum atomic E-state index is 0.0765. The zero-order valence-corrected chi connectivity index (χ0v) is 17.0. The first kappa shape index (κ1) is 19.4. The zero-order chi connectivity index (χ0) is 19.4. The van der Waals surface area contributed by atoms with Crippen molar-refractivity contribution >= 4 is 11.6 Å². The number of hydrogen-bond acceptors (Lipinski definition) is 4. The van der Waals surface area contributed by atoms with Gasteiger partial charge in [0.2, 0.25) is 5.91 Å². The first-order valence-corrected chi connectivity index (χ1v) is 9.74. The molecular weight excluding hydrogens is 338 g/mol. The first-order chi connectivity index (χ1) is 12.9. The van der Waals surface area contributed by atoms with Gasteiger partial charge in [-0.05, 0) is 38.5 Å². The SMILES string of the molecule is Cc1cccc(N2CCN(CCNC(=O)Cc3c(C)nn(C)c3C)CC2)c1. The van der Waals surface area contributed by atoms with E-state index in [1.807, 2.05) is 25.6 Å². The molecule has 1 aromatic heterocycles. The van der Waals surface area contributed by atoms with Gasteiger partial charge in [0.1, 0.15) is 0 Å². The number of hydrogen-bond donors (Lipinski definition) is 1. The Morgan fingerprint density at radius 3 is 2.52 bits per heavy atom. The number of aromatic nitrogens is 2. The van der Waals surface area contributed by atoms with Crippen molar-refractivity contribution in [3.63, 3.8) is 0 Å². The van der Waals surface area contributed by atoms with Gasteiger partial charge in [-0.2, -0.15) is 5.10 Å². The highest BCUT2D eigenvalue weighted by molar-refractivity contribution is 5.79. The van der Waals surface area contributed by atoms with Crippen LogP contribution in [0.5, 0.6) is 0 Å². The number of carbonyl (C=O) groups is 1. The molecule has 0 radical (unpaired) electrons. The molecule has 3 rings (SSSR count). The fourth-order valence-electron chi connectivity index (χ4n) is 3.70. The van der Waals surface area contributed by atoms with Crippen molar-refractivity contribution in [3.8, 4) is 0 Å². The molecule has 0 unspecified atom stereocenters. The zero-order valence-electron chi connectivity index (χ0n) is 17.0. The number of anilines is 1. The Bertz CT molecular complexity index is 790. The van der Waals surface area contributed by atoms with Crippen LogP contribution in [0, 0.1) is 20.8 Å². The summed E-state index contributed by atoms with van der Waals surface area (Å²) in [6, 6.07) is 8.69. The highest BCUT2D eigenvalue weighted by atomic mass is 16.1. The Kier molecular flexibility index (Phi) is 6.16. The molecule has 0 bridgehead atoms. The molecule has 1 saturated heterocycles. The molecule has 6 heteroatoms. The minimum absolute atomic E-state index is 0.0765. The van der Waals surface area contributed by atoms with Crippen molar-refractivity contribution in [1.29, 1.82) is 0 Å². The normalized spacial score (nSPS) is 15.2. The van der Waals surface area contributed by atoms with Crippen LogP contribution in [0.1, 0.15) is 22.5 Å². The van der Waals surface area contributed by atoms with Crippen molar-refractivity contribution in [3.05, 3.63) is 46.8 Å². The molecule has 0 atom stereocenters. The summed E-state index contributed by atoms with van der Waals surface area (Å²) in [4.78, 5) is 17.1. The van der Waals surface area contributed by atoms with Crippen molar-refractivity contribution in [1.82, 2.24) is 20.0 Å². The van der Waals surface area contributed by atoms with Crippen LogP contribution in [0.15, 0.2) is 24.3 Å². The molecule has 146 valence electrons. The largest absolute Gasteiger partial charge is 0.369 e. The second kappa shape index (κ2) is 8.57. The van der Waals surface area contributed by atoms with Gasteiger partial charge in [-0.25, -0.2) is 0 Å². The van der Waals surface area contributed by atoms with E-state index in [0.717, 1.165) is 49.7 Å². The average molecular weight is 370 g/mol. The summed E-state index contributed by atoms with van der Waals surface area (Å²) >= 11 is 0. The van der Waals surface area contributed by atoms with Crippen molar-refractivity contribution < 1.29 is 4.79 Å². The quantitative estimate of drug-likeness (QED) is 0.844. The lowest BCUT2D eigenvalue weighted by Crippen LogP contribution is -2.48. The third-order valence-electron chi connectivity index (χ3n) is 5.49. The minimum Gasteiger partial charge on any atom is -0.369 e. The van der Waals surface area contributed by atoms with Crippen LogP contribution in [0.25, 0.3) is 0 Å². The van der Waals surface area contributed by atoms with E-state index in [1.54, 1.807) is 0 Å². The molecular formula is C21H31N5O. The second-order valence-electron chi connectivity index (χ2n) is 7.47. The van der Waals surface area contributed by atoms with Crippen LogP contribution < -0.4 is 10.2 Å². The Morgan fingerprint density at radius 2 is 1.89 bits per heavy atom. The summed E-state index contributed by atoms with van der Waals surface area (Å²) in [7, 11) is 1.92. The fraction of sp³-hybridized carbons (Fsp3) is 0.524. The van der Waals surface area contributed by atoms with Crippen LogP contribution in [-0.2, 0) is 18.3 Å². The number of aryl methyl sites for hydroxylation is 3. The summed E-state index contributed by atoms with van der Waals surface area (Å²) in [5.41, 5.74) is 5.66. The molecule has 1 fully saturated rings. The topological polar surface area (TPSA) is 53.4 Å². The van der Waals surface area contributed by atoms with Crippen LogP contribution in [-0.4, -0.2) is 59.9 Å². The van der Waals surface area contributed by atoms with Gasteiger partial charge in [0, 0.05) is 63.3 Å². The van der Waals surface area contributed by atoms with Crippen LogP contribution in [0.3, 0.4) is 0 Å². The maximum Gasteiger partial charge on any atom is 0.224 e. The summed E-state index contributed by atoms with van der Waals surface area (Å²) in [6.07, 6.45) is 0.409. The van der Waals surface area contributed by atoms with Crippen LogP contribution in [0.4, 0.5) is 5.69 Å². The van der Waals surface area contributed by atoms with E-state index in [-0.39, 0.29) is 5.91 Å². The van der Waals surface area contributed by atoms with E-state index in [0.29, 0.717) is 13.0 Å². The molecule has 2 heterocycles. The third kappa shape index (κ3) is 4.89. The van der Waals surface area contributed by atoms with Gasteiger partial charge in [-0.15, -0.1) is 0 Å². The lowest BCUT2D eigenvalue weighted by molar-refractivity contribution is -0.120. The van der Waals surface area contributed by atoms with Gasteiger partial charge in [0.15, 0.2) is 0 Å². The molecule has 0 saturated carbocycles. The maximum absolute atomic E-state index is 12.3. The predicted molar refractivity (Wildman–Crippen MR) is 109 cm³/mol. The van der Waals surface area contributed by atoms with Gasteiger partial charge in [-0.1, -0.05) is 12.1 Å². The molecule has 0 spiro atoms. The molecule has 6 nitrogen and oxygen atoms in total. The first-order valence-electron chi connectivity index (χ1n) is 9.74. The van der Waals surface area contributed by atoms with E-state index >= 15 is 0 Å². The van der Waals surface area contributed by atoms with Crippen molar-refractivity contribution in [2.24, 2.45) is 7.05 Å². The van der Waals surface area contributed by atoms with Gasteiger partial charge in [0.25, 0.3) is 0 Å². The molecule has 1 amide bonds. The molecule has 1 aliphatic rings. The van der Waals surface area contributed by atoms with E-state index in [2.05, 4.69) is 51.4 Å². The van der Waals surface area contributed by atoms with E-state index in [9.17, 15) is 4.79 Å². The fourth-order valence-corrected chi connectivity index (χ4v) is 3.70. The highest BCUT2D eigenvalue weighted by Gasteiger charge is 2.18. The number of amides is 1. The Hall–Kier alpha value is -2.34. The Labute approximate surface area is 162 Å².